The normalized spacial score (nSPS) is 10.9. The Kier molecular flexibility index (Phi) is 5.55. The molecule has 0 spiro atoms. The van der Waals surface area contributed by atoms with Gasteiger partial charge in [0.25, 0.3) is 0 Å². The molecule has 0 saturated heterocycles. The fourth-order valence-corrected chi connectivity index (χ4v) is 2.92. The number of hydrogen-bond acceptors (Lipinski definition) is 6. The fraction of sp³-hybridized carbons (Fsp3) is 0.571. The van der Waals surface area contributed by atoms with Crippen LogP contribution in [0.1, 0.15) is 24.1 Å². The highest BCUT2D eigenvalue weighted by Gasteiger charge is 2.09. The Morgan fingerprint density at radius 1 is 1.25 bits per heavy atom. The number of ether oxygens (including phenoxy) is 1. The first kappa shape index (κ1) is 15.0. The SMILES string of the molecule is CNc1nc(NCCCCCOC)c2cc(C)sc2n1. The molecule has 0 aliphatic rings. The van der Waals surface area contributed by atoms with Crippen LogP contribution in [0.15, 0.2) is 6.07 Å². The van der Waals surface area contributed by atoms with Gasteiger partial charge in [0, 0.05) is 32.2 Å². The van der Waals surface area contributed by atoms with E-state index in [1.165, 1.54) is 4.88 Å². The van der Waals surface area contributed by atoms with Crippen LogP contribution in [0.3, 0.4) is 0 Å². The van der Waals surface area contributed by atoms with Crippen molar-refractivity contribution in [2.45, 2.75) is 26.2 Å². The highest BCUT2D eigenvalue weighted by Crippen LogP contribution is 2.29. The molecule has 110 valence electrons. The van der Waals surface area contributed by atoms with E-state index in [2.05, 4.69) is 33.6 Å². The van der Waals surface area contributed by atoms with Crippen molar-refractivity contribution >= 4 is 33.3 Å². The van der Waals surface area contributed by atoms with Gasteiger partial charge in [0.05, 0.1) is 5.39 Å². The molecular formula is C14H22N4OS. The molecule has 0 fully saturated rings. The quantitative estimate of drug-likeness (QED) is 0.732. The van der Waals surface area contributed by atoms with Crippen LogP contribution in [0, 0.1) is 6.92 Å². The van der Waals surface area contributed by atoms with Crippen LogP contribution in [0.2, 0.25) is 0 Å². The van der Waals surface area contributed by atoms with Gasteiger partial charge >= 0.3 is 0 Å². The second-order valence-electron chi connectivity index (χ2n) is 4.70. The number of rotatable bonds is 8. The van der Waals surface area contributed by atoms with Gasteiger partial charge in [0.2, 0.25) is 5.95 Å². The molecule has 2 N–H and O–H groups in total. The van der Waals surface area contributed by atoms with Crippen LogP contribution in [0.5, 0.6) is 0 Å². The van der Waals surface area contributed by atoms with Gasteiger partial charge in [0.15, 0.2) is 0 Å². The summed E-state index contributed by atoms with van der Waals surface area (Å²) < 4.78 is 5.05. The fourth-order valence-electron chi connectivity index (χ4n) is 2.04. The topological polar surface area (TPSA) is 59.1 Å². The lowest BCUT2D eigenvalue weighted by atomic mass is 10.2. The molecule has 0 aliphatic heterocycles. The molecule has 2 heterocycles. The predicted molar refractivity (Wildman–Crippen MR) is 85.9 cm³/mol. The first-order chi connectivity index (χ1) is 9.74. The summed E-state index contributed by atoms with van der Waals surface area (Å²) in [5.74, 6) is 1.59. The molecule has 6 heteroatoms. The lowest BCUT2D eigenvalue weighted by Gasteiger charge is -2.08. The van der Waals surface area contributed by atoms with Crippen molar-refractivity contribution in [3.8, 4) is 0 Å². The third-order valence-electron chi connectivity index (χ3n) is 3.06. The van der Waals surface area contributed by atoms with Crippen molar-refractivity contribution in [1.82, 2.24) is 9.97 Å². The summed E-state index contributed by atoms with van der Waals surface area (Å²) in [6, 6.07) is 2.15. The summed E-state index contributed by atoms with van der Waals surface area (Å²) in [6.45, 7) is 3.86. The summed E-state index contributed by atoms with van der Waals surface area (Å²) in [5.41, 5.74) is 0. The minimum atomic E-state index is 0.668. The Labute approximate surface area is 123 Å². The number of aryl methyl sites for hydroxylation is 1. The van der Waals surface area contributed by atoms with Gasteiger partial charge < -0.3 is 15.4 Å². The summed E-state index contributed by atoms with van der Waals surface area (Å²) in [4.78, 5) is 11.3. The number of unbranched alkanes of at least 4 members (excludes halogenated alkanes) is 2. The summed E-state index contributed by atoms with van der Waals surface area (Å²) >= 11 is 1.70. The zero-order chi connectivity index (χ0) is 14.4. The number of methoxy groups -OCH3 is 1. The molecule has 2 rings (SSSR count). The number of nitrogens with zero attached hydrogens (tertiary/aromatic N) is 2. The Morgan fingerprint density at radius 2 is 2.10 bits per heavy atom. The Bertz CT molecular complexity index is 555. The molecule has 0 amide bonds. The minimum absolute atomic E-state index is 0.668. The van der Waals surface area contributed by atoms with Crippen molar-refractivity contribution in [3.05, 3.63) is 10.9 Å². The van der Waals surface area contributed by atoms with Crippen molar-refractivity contribution < 1.29 is 4.74 Å². The standard InChI is InChI=1S/C14H22N4OS/c1-10-9-11-12(16-7-5-4-6-8-19-3)17-14(15-2)18-13(11)20-10/h9H,4-8H2,1-3H3,(H2,15,16,17,18). The monoisotopic (exact) mass is 294 g/mol. The number of hydrogen-bond donors (Lipinski definition) is 2. The maximum atomic E-state index is 5.05. The number of nitrogens with one attached hydrogen (secondary N) is 2. The lowest BCUT2D eigenvalue weighted by Crippen LogP contribution is -2.06. The van der Waals surface area contributed by atoms with E-state index in [9.17, 15) is 0 Å². The number of aromatic nitrogens is 2. The molecule has 2 aromatic heterocycles. The van der Waals surface area contributed by atoms with Gasteiger partial charge in [-0.15, -0.1) is 11.3 Å². The molecule has 0 radical (unpaired) electrons. The molecule has 0 aromatic carbocycles. The van der Waals surface area contributed by atoms with E-state index in [4.69, 9.17) is 4.74 Å². The Hall–Kier alpha value is -1.40. The first-order valence-electron chi connectivity index (χ1n) is 6.93. The first-order valence-corrected chi connectivity index (χ1v) is 7.75. The second-order valence-corrected chi connectivity index (χ2v) is 5.94. The van der Waals surface area contributed by atoms with Crippen molar-refractivity contribution in [2.24, 2.45) is 0 Å². The van der Waals surface area contributed by atoms with Crippen LogP contribution in [0.25, 0.3) is 10.2 Å². The molecule has 0 saturated carbocycles. The lowest BCUT2D eigenvalue weighted by molar-refractivity contribution is 0.192. The minimum Gasteiger partial charge on any atom is -0.385 e. The maximum absolute atomic E-state index is 5.05. The summed E-state index contributed by atoms with van der Waals surface area (Å²) in [7, 11) is 3.59. The van der Waals surface area contributed by atoms with Gasteiger partial charge in [-0.1, -0.05) is 0 Å². The third kappa shape index (κ3) is 3.80. The molecule has 5 nitrogen and oxygen atoms in total. The Morgan fingerprint density at radius 3 is 2.85 bits per heavy atom. The third-order valence-corrected chi connectivity index (χ3v) is 4.00. The van der Waals surface area contributed by atoms with Crippen LogP contribution in [0.4, 0.5) is 11.8 Å². The van der Waals surface area contributed by atoms with Crippen molar-refractivity contribution in [2.75, 3.05) is 37.9 Å². The largest absolute Gasteiger partial charge is 0.385 e. The molecule has 0 atom stereocenters. The number of anilines is 2. The van der Waals surface area contributed by atoms with E-state index in [0.29, 0.717) is 5.95 Å². The van der Waals surface area contributed by atoms with E-state index in [0.717, 1.165) is 48.4 Å². The predicted octanol–water partition coefficient (Wildman–Crippen LogP) is 3.27. The number of fused-ring (bicyclic) bond motifs is 1. The van der Waals surface area contributed by atoms with Gasteiger partial charge in [0.1, 0.15) is 10.6 Å². The molecule has 20 heavy (non-hydrogen) atoms. The van der Waals surface area contributed by atoms with Crippen LogP contribution >= 0.6 is 11.3 Å². The van der Waals surface area contributed by atoms with Crippen LogP contribution in [-0.2, 0) is 4.74 Å². The van der Waals surface area contributed by atoms with E-state index in [1.807, 2.05) is 7.05 Å². The second kappa shape index (κ2) is 7.40. The van der Waals surface area contributed by atoms with Crippen LogP contribution in [-0.4, -0.2) is 37.3 Å². The van der Waals surface area contributed by atoms with Crippen molar-refractivity contribution in [3.63, 3.8) is 0 Å². The molecule has 0 bridgehead atoms. The average molecular weight is 294 g/mol. The smallest absolute Gasteiger partial charge is 0.225 e. The van der Waals surface area contributed by atoms with Crippen LogP contribution < -0.4 is 10.6 Å². The maximum Gasteiger partial charge on any atom is 0.225 e. The highest BCUT2D eigenvalue weighted by molar-refractivity contribution is 7.18. The van der Waals surface area contributed by atoms with Gasteiger partial charge in [-0.2, -0.15) is 4.98 Å². The molecular weight excluding hydrogens is 272 g/mol. The Balaban J connectivity index is 2.00. The molecule has 0 unspecified atom stereocenters. The van der Waals surface area contributed by atoms with Crippen molar-refractivity contribution in [1.29, 1.82) is 0 Å². The van der Waals surface area contributed by atoms with Gasteiger partial charge in [-0.05, 0) is 32.3 Å². The van der Waals surface area contributed by atoms with Gasteiger partial charge in [-0.25, -0.2) is 4.98 Å². The highest BCUT2D eigenvalue weighted by atomic mass is 32.1. The molecule has 2 aromatic rings. The average Bonchev–Trinajstić information content (AvgIpc) is 2.82. The zero-order valence-corrected chi connectivity index (χ0v) is 13.1. The van der Waals surface area contributed by atoms with Gasteiger partial charge in [-0.3, -0.25) is 0 Å². The zero-order valence-electron chi connectivity index (χ0n) is 12.3. The molecule has 0 aliphatic carbocycles. The van der Waals surface area contributed by atoms with E-state index < -0.39 is 0 Å². The number of thiophene rings is 1. The van der Waals surface area contributed by atoms with E-state index in [1.54, 1.807) is 18.4 Å². The van der Waals surface area contributed by atoms with E-state index in [-0.39, 0.29) is 0 Å². The summed E-state index contributed by atoms with van der Waals surface area (Å²) in [6.07, 6.45) is 3.39. The summed E-state index contributed by atoms with van der Waals surface area (Å²) in [5, 5.41) is 7.56. The van der Waals surface area contributed by atoms with E-state index >= 15 is 0 Å².